The number of aliphatic hydroxyl groups is 1. The molecule has 2 heterocycles. The summed E-state index contributed by atoms with van der Waals surface area (Å²) in [6.45, 7) is -1.52. The Balaban J connectivity index is 2.09. The molecule has 0 saturated carbocycles. The lowest BCUT2D eigenvalue weighted by Gasteiger charge is -2.12. The summed E-state index contributed by atoms with van der Waals surface area (Å²) >= 11 is 0. The van der Waals surface area contributed by atoms with Gasteiger partial charge < -0.3 is 10.4 Å². The van der Waals surface area contributed by atoms with Gasteiger partial charge in [0.2, 0.25) is 0 Å². The molecule has 1 unspecified atom stereocenters. The van der Waals surface area contributed by atoms with Gasteiger partial charge in [0.05, 0.1) is 29.8 Å². The van der Waals surface area contributed by atoms with E-state index in [2.05, 4.69) is 15.5 Å². The van der Waals surface area contributed by atoms with Crippen LogP contribution in [0.3, 0.4) is 0 Å². The number of carbonyl (C=O) groups excluding carboxylic acids is 1. The van der Waals surface area contributed by atoms with Gasteiger partial charge in [-0.25, -0.2) is 4.39 Å². The van der Waals surface area contributed by atoms with Gasteiger partial charge in [-0.1, -0.05) is 12.1 Å². The molecule has 3 aromatic rings. The van der Waals surface area contributed by atoms with Crippen molar-refractivity contribution in [3.05, 3.63) is 64.2 Å². The van der Waals surface area contributed by atoms with Crippen LogP contribution < -0.4 is 10.9 Å². The van der Waals surface area contributed by atoms with Gasteiger partial charge in [-0.2, -0.15) is 28.1 Å². The number of carbonyl (C=O) groups is 1. The average Bonchev–Trinajstić information content (AvgIpc) is 3.17. The van der Waals surface area contributed by atoms with Gasteiger partial charge in [0, 0.05) is 19.2 Å². The Morgan fingerprint density at radius 2 is 1.94 bits per heavy atom. The van der Waals surface area contributed by atoms with E-state index in [1.807, 2.05) is 0 Å². The zero-order valence-corrected chi connectivity index (χ0v) is 16.1. The lowest BCUT2D eigenvalue weighted by Crippen LogP contribution is -2.37. The molecule has 0 spiro atoms. The normalized spacial score (nSPS) is 12.6. The Morgan fingerprint density at radius 1 is 1.26 bits per heavy atom. The van der Waals surface area contributed by atoms with E-state index < -0.39 is 42.5 Å². The van der Waals surface area contributed by atoms with Crippen LogP contribution >= 0.6 is 0 Å². The molecule has 0 bridgehead atoms. The second-order valence-corrected chi connectivity index (χ2v) is 6.63. The SMILES string of the molecule is Cn1cc(-n2nc(-c3ccc(C(F)(F)F)cc3)cc(C(=O)NCC(O)CF)c2=O)cn1. The van der Waals surface area contributed by atoms with E-state index in [9.17, 15) is 32.3 Å². The van der Waals surface area contributed by atoms with Gasteiger partial charge in [-0.3, -0.25) is 14.3 Å². The maximum Gasteiger partial charge on any atom is 0.416 e. The van der Waals surface area contributed by atoms with E-state index in [1.54, 1.807) is 7.05 Å². The molecule has 1 aromatic carbocycles. The molecule has 8 nitrogen and oxygen atoms in total. The van der Waals surface area contributed by atoms with E-state index in [-0.39, 0.29) is 22.5 Å². The first-order chi connectivity index (χ1) is 14.6. The van der Waals surface area contributed by atoms with Crippen molar-refractivity contribution in [1.29, 1.82) is 0 Å². The van der Waals surface area contributed by atoms with Crippen molar-refractivity contribution in [1.82, 2.24) is 24.9 Å². The molecule has 2 N–H and O–H groups in total. The fourth-order valence-corrected chi connectivity index (χ4v) is 2.68. The fraction of sp³-hybridized carbons (Fsp3) is 0.263. The third-order valence-corrected chi connectivity index (χ3v) is 4.28. The first kappa shape index (κ1) is 22.2. The molecule has 31 heavy (non-hydrogen) atoms. The highest BCUT2D eigenvalue weighted by Gasteiger charge is 2.30. The number of nitrogens with zero attached hydrogens (tertiary/aromatic N) is 4. The van der Waals surface area contributed by atoms with Gasteiger partial charge in [-0.15, -0.1) is 0 Å². The topological polar surface area (TPSA) is 102 Å². The number of hydrogen-bond donors (Lipinski definition) is 2. The molecule has 2 aromatic heterocycles. The smallest absolute Gasteiger partial charge is 0.389 e. The number of rotatable bonds is 6. The molecular formula is C19H17F4N5O3. The van der Waals surface area contributed by atoms with Crippen LogP contribution in [0.1, 0.15) is 15.9 Å². The van der Waals surface area contributed by atoms with E-state index in [4.69, 9.17) is 0 Å². The van der Waals surface area contributed by atoms with E-state index in [1.165, 1.54) is 17.1 Å². The molecule has 0 saturated heterocycles. The standard InChI is InChI=1S/C19H17F4N5O3/c1-27-10-13(8-25-27)28-18(31)15(17(30)24-9-14(29)7-20)6-16(26-28)11-2-4-12(5-3-11)19(21,22)23/h2-6,8,10,14,29H,7,9H2,1H3,(H,24,30). The van der Waals surface area contributed by atoms with Crippen LogP contribution in [0.5, 0.6) is 0 Å². The Labute approximate surface area is 172 Å². The second kappa shape index (κ2) is 8.68. The van der Waals surface area contributed by atoms with Crippen LogP contribution in [0, 0.1) is 0 Å². The van der Waals surface area contributed by atoms with Crippen molar-refractivity contribution >= 4 is 5.91 Å². The molecule has 0 aliphatic rings. The summed E-state index contributed by atoms with van der Waals surface area (Å²) in [5.74, 6) is -0.897. The average molecular weight is 439 g/mol. The summed E-state index contributed by atoms with van der Waals surface area (Å²) in [4.78, 5) is 25.3. The minimum absolute atomic E-state index is 0.0494. The third-order valence-electron chi connectivity index (χ3n) is 4.28. The molecule has 0 aliphatic heterocycles. The lowest BCUT2D eigenvalue weighted by atomic mass is 10.1. The van der Waals surface area contributed by atoms with Gasteiger partial charge in [0.1, 0.15) is 17.9 Å². The van der Waals surface area contributed by atoms with Gasteiger partial charge in [0.25, 0.3) is 11.5 Å². The monoisotopic (exact) mass is 439 g/mol. The van der Waals surface area contributed by atoms with Crippen molar-refractivity contribution in [2.75, 3.05) is 13.2 Å². The molecule has 164 valence electrons. The number of aliphatic hydroxyl groups excluding tert-OH is 1. The molecule has 1 atom stereocenters. The highest BCUT2D eigenvalue weighted by atomic mass is 19.4. The van der Waals surface area contributed by atoms with Crippen LogP contribution in [0.4, 0.5) is 17.6 Å². The molecule has 0 aliphatic carbocycles. The largest absolute Gasteiger partial charge is 0.416 e. The van der Waals surface area contributed by atoms with Gasteiger partial charge in [0.15, 0.2) is 0 Å². The van der Waals surface area contributed by atoms with Crippen molar-refractivity contribution < 1.29 is 27.5 Å². The third kappa shape index (κ3) is 4.97. The Morgan fingerprint density at radius 3 is 2.48 bits per heavy atom. The summed E-state index contributed by atoms with van der Waals surface area (Å²) in [6.07, 6.45) is -3.19. The summed E-state index contributed by atoms with van der Waals surface area (Å²) in [5.41, 5.74) is -1.58. The van der Waals surface area contributed by atoms with Crippen LogP contribution in [0.2, 0.25) is 0 Å². The van der Waals surface area contributed by atoms with E-state index in [0.29, 0.717) is 0 Å². The number of hydrogen-bond acceptors (Lipinski definition) is 5. The molecule has 0 fully saturated rings. The molecule has 1 amide bonds. The summed E-state index contributed by atoms with van der Waals surface area (Å²) in [5, 5.41) is 19.6. The molecule has 3 rings (SSSR count). The lowest BCUT2D eigenvalue weighted by molar-refractivity contribution is -0.137. The predicted molar refractivity (Wildman–Crippen MR) is 101 cm³/mol. The number of nitrogens with one attached hydrogen (secondary N) is 1. The second-order valence-electron chi connectivity index (χ2n) is 6.63. The van der Waals surface area contributed by atoms with Crippen molar-refractivity contribution in [2.45, 2.75) is 12.3 Å². The Kier molecular flexibility index (Phi) is 6.20. The predicted octanol–water partition coefficient (Wildman–Crippen LogP) is 1.71. The van der Waals surface area contributed by atoms with Gasteiger partial charge in [-0.05, 0) is 18.2 Å². The zero-order chi connectivity index (χ0) is 22.8. The Hall–Kier alpha value is -3.54. The zero-order valence-electron chi connectivity index (χ0n) is 16.1. The minimum atomic E-state index is -4.53. The van der Waals surface area contributed by atoms with E-state index >= 15 is 0 Å². The Bertz CT molecular complexity index is 1140. The highest BCUT2D eigenvalue weighted by Crippen LogP contribution is 2.30. The summed E-state index contributed by atoms with van der Waals surface area (Å²) in [6, 6.07) is 5.16. The van der Waals surface area contributed by atoms with Crippen LogP contribution in [-0.2, 0) is 13.2 Å². The highest BCUT2D eigenvalue weighted by molar-refractivity contribution is 5.94. The maximum absolute atomic E-state index is 12.8. The van der Waals surface area contributed by atoms with Crippen LogP contribution in [-0.4, -0.2) is 49.9 Å². The number of aryl methyl sites for hydroxylation is 1. The molecule has 12 heteroatoms. The summed E-state index contributed by atoms with van der Waals surface area (Å²) < 4.78 is 53.3. The number of benzene rings is 1. The molecular weight excluding hydrogens is 422 g/mol. The fourth-order valence-electron chi connectivity index (χ4n) is 2.68. The minimum Gasteiger partial charge on any atom is -0.389 e. The first-order valence-corrected chi connectivity index (χ1v) is 8.93. The van der Waals surface area contributed by atoms with Crippen LogP contribution in [0.15, 0.2) is 47.5 Å². The molecule has 0 radical (unpaired) electrons. The quantitative estimate of drug-likeness (QED) is 0.570. The number of alkyl halides is 4. The maximum atomic E-state index is 12.8. The van der Waals surface area contributed by atoms with E-state index in [0.717, 1.165) is 35.0 Å². The number of halogens is 4. The van der Waals surface area contributed by atoms with Gasteiger partial charge >= 0.3 is 6.18 Å². The number of amides is 1. The summed E-state index contributed by atoms with van der Waals surface area (Å²) in [7, 11) is 1.60. The van der Waals surface area contributed by atoms with Crippen molar-refractivity contribution in [3.8, 4) is 16.9 Å². The van der Waals surface area contributed by atoms with Crippen molar-refractivity contribution in [3.63, 3.8) is 0 Å². The van der Waals surface area contributed by atoms with Crippen LogP contribution in [0.25, 0.3) is 16.9 Å². The van der Waals surface area contributed by atoms with Crippen molar-refractivity contribution in [2.24, 2.45) is 7.05 Å². The first-order valence-electron chi connectivity index (χ1n) is 8.93. The number of aromatic nitrogens is 4.